The Balaban J connectivity index is -0.0000000803. The molecule has 46 heavy (non-hydrogen) atoms. The number of carbonyl (C=O) groups is 5. The molecule has 0 aliphatic heterocycles. The topological polar surface area (TPSA) is 289 Å². The van der Waals surface area contributed by atoms with Crippen molar-refractivity contribution >= 4 is 40.7 Å². The summed E-state index contributed by atoms with van der Waals surface area (Å²) in [6, 6.07) is 0.609. The van der Waals surface area contributed by atoms with Gasteiger partial charge in [0, 0.05) is 40.9 Å². The highest BCUT2D eigenvalue weighted by Gasteiger charge is 2.12. The van der Waals surface area contributed by atoms with Crippen LogP contribution in [0.3, 0.4) is 0 Å². The number of esters is 1. The van der Waals surface area contributed by atoms with Crippen molar-refractivity contribution in [2.45, 2.75) is 74.4 Å². The van der Waals surface area contributed by atoms with Gasteiger partial charge in [-0.25, -0.2) is 19.6 Å². The van der Waals surface area contributed by atoms with Crippen LogP contribution in [0.25, 0.3) is 4.98 Å². The molecule has 0 atom stereocenters. The molecular weight excluding hydrogens is 653 g/mol. The second-order valence-electron chi connectivity index (χ2n) is 8.30. The maximum Gasteiger partial charge on any atom is 0.377 e. The summed E-state index contributed by atoms with van der Waals surface area (Å²) in [5.74, 6) is -1.16. The molecule has 0 radical (unpaired) electrons. The number of carboxylic acids is 2. The maximum atomic E-state index is 10.8. The fraction of sp³-hybridized carbons (Fsp3) is 0.640. The number of aromatic carboxylic acids is 1. The number of amides is 1. The number of carbonyl (C=O) groups excluding carboxylic acids is 3. The van der Waals surface area contributed by atoms with Gasteiger partial charge in [-0.15, -0.1) is 10.2 Å². The molecule has 0 bridgehead atoms. The predicted molar refractivity (Wildman–Crippen MR) is 169 cm³/mol. The lowest BCUT2D eigenvalue weighted by Gasteiger charge is -2.02. The quantitative estimate of drug-likeness (QED) is 0.138. The second kappa shape index (κ2) is 36.9. The van der Waals surface area contributed by atoms with Crippen molar-refractivity contribution in [3.63, 3.8) is 0 Å². The van der Waals surface area contributed by atoms with Crippen LogP contribution in [0.15, 0.2) is 0 Å². The van der Waals surface area contributed by atoms with Crippen LogP contribution in [0.5, 0.6) is 0 Å². The number of rotatable bonds is 3. The van der Waals surface area contributed by atoms with Crippen LogP contribution in [0.1, 0.15) is 81.4 Å². The van der Waals surface area contributed by atoms with Gasteiger partial charge in [0.2, 0.25) is 16.5 Å². The van der Waals surface area contributed by atoms with Crippen LogP contribution < -0.4 is 29.2 Å². The van der Waals surface area contributed by atoms with Gasteiger partial charge in [0.1, 0.15) is 16.6 Å². The Morgan fingerprint density at radius 1 is 0.913 bits per heavy atom. The molecule has 0 spiro atoms. The zero-order valence-electron chi connectivity index (χ0n) is 29.0. The SMILES string of the molecule is CC(=O)Cl.CC(=O)NC(C)C.CC(=O)O.CC(C)N.CN.COC(=O)c1nc(C)n(C)n1.C[N+]#N.Cc1nc(C(=O)O)nn1C.[Cl-]. The molecule has 2 aromatic heterocycles. The van der Waals surface area contributed by atoms with Crippen LogP contribution in [-0.4, -0.2) is 102 Å². The van der Waals surface area contributed by atoms with Gasteiger partial charge in [-0.1, -0.05) is 13.8 Å². The third-order valence-corrected chi connectivity index (χ3v) is 3.01. The standard InChI is InChI=1S/C6H9N3O2.C5H7N3O2.C5H11NO.C3H9N.C2H3ClO.C2H4O2.CH3N2.CH5N.ClH/c1-4-7-5(6(10)11-3)8-9(4)2;1-3-6-4(5(9)10)7-8(3)2;1-4(2)6-5(3)7;1-3(2)4;2*1-2(3)4;1-3-2;1-2;/h1-3H3;1-2H3,(H,9,10);4H,1-3H3,(H,6,7);3H,4H2,1-2H3;1H3;1H3,(H,3,4);1H3;2H2,1H3;1H/q;;;;;;+1;;/p-1. The van der Waals surface area contributed by atoms with Gasteiger partial charge < -0.3 is 44.1 Å². The van der Waals surface area contributed by atoms with Gasteiger partial charge in [0.15, 0.2) is 0 Å². The van der Waals surface area contributed by atoms with Crippen LogP contribution in [0.4, 0.5) is 0 Å². The number of methoxy groups -OCH3 is 1. The average Bonchev–Trinajstić information content (AvgIpc) is 3.39. The Kier molecular flexibility index (Phi) is 46.1. The molecule has 0 unspecified atom stereocenters. The first-order chi connectivity index (χ1) is 20.5. The fourth-order valence-corrected chi connectivity index (χ4v) is 1.60. The number of nitrogens with one attached hydrogen (secondary N) is 1. The highest BCUT2D eigenvalue weighted by Crippen LogP contribution is 1.95. The van der Waals surface area contributed by atoms with E-state index in [1.807, 2.05) is 27.7 Å². The molecule has 7 N–H and O–H groups in total. The minimum absolute atomic E-state index is 0. The number of nitrogens with zero attached hydrogens (tertiary/aromatic N) is 8. The van der Waals surface area contributed by atoms with E-state index in [4.69, 9.17) is 26.1 Å². The van der Waals surface area contributed by atoms with Crippen LogP contribution in [-0.2, 0) is 33.2 Å². The maximum absolute atomic E-state index is 10.8. The van der Waals surface area contributed by atoms with E-state index in [2.05, 4.69) is 52.5 Å². The number of aliphatic carboxylic acids is 1. The number of hydrogen-bond acceptors (Lipinski definition) is 13. The number of hydrogen-bond donors (Lipinski definition) is 5. The highest BCUT2D eigenvalue weighted by atomic mass is 35.5. The lowest BCUT2D eigenvalue weighted by atomic mass is 10.4. The van der Waals surface area contributed by atoms with Gasteiger partial charge in [-0.3, -0.25) is 23.7 Å². The van der Waals surface area contributed by atoms with Gasteiger partial charge in [0.05, 0.1) is 7.11 Å². The smallest absolute Gasteiger partial charge is 0.377 e. The molecule has 0 aliphatic carbocycles. The third-order valence-electron chi connectivity index (χ3n) is 3.01. The molecular formula is C25H51Cl2N11O8. The lowest BCUT2D eigenvalue weighted by Crippen LogP contribution is -3.00. The van der Waals surface area contributed by atoms with Crippen LogP contribution >= 0.6 is 11.6 Å². The van der Waals surface area contributed by atoms with Gasteiger partial charge >= 0.3 is 11.9 Å². The van der Waals surface area contributed by atoms with Crippen molar-refractivity contribution in [1.82, 2.24) is 34.8 Å². The minimum atomic E-state index is -1.09. The zero-order valence-corrected chi connectivity index (χ0v) is 30.5. The number of nitrogens with two attached hydrogens (primary N) is 2. The second-order valence-corrected chi connectivity index (χ2v) is 8.83. The van der Waals surface area contributed by atoms with Crippen LogP contribution in [0.2, 0.25) is 0 Å². The summed E-state index contributed by atoms with van der Waals surface area (Å²) in [5, 5.41) is 32.7. The number of halogens is 2. The number of aromatic nitrogens is 6. The average molecular weight is 705 g/mol. The Morgan fingerprint density at radius 2 is 1.17 bits per heavy atom. The molecule has 0 saturated carbocycles. The molecule has 0 aromatic carbocycles. The van der Waals surface area contributed by atoms with Gasteiger partial charge in [-0.05, 0) is 52.4 Å². The number of aryl methyl sites for hydroxylation is 4. The molecule has 268 valence electrons. The molecule has 19 nitrogen and oxygen atoms in total. The molecule has 2 rings (SSSR count). The molecule has 2 heterocycles. The molecule has 1 amide bonds. The van der Waals surface area contributed by atoms with Crippen molar-refractivity contribution in [2.24, 2.45) is 25.6 Å². The minimum Gasteiger partial charge on any atom is -1.00 e. The highest BCUT2D eigenvalue weighted by molar-refractivity contribution is 6.62. The Morgan fingerprint density at radius 3 is 1.28 bits per heavy atom. The summed E-state index contributed by atoms with van der Waals surface area (Å²) < 4.78 is 7.37. The Bertz CT molecular complexity index is 1090. The van der Waals surface area contributed by atoms with Crippen molar-refractivity contribution in [3.8, 4) is 0 Å². The first kappa shape index (κ1) is 57.4. The van der Waals surface area contributed by atoms with Crippen molar-refractivity contribution in [2.75, 3.05) is 21.2 Å². The number of diazo groups is 1. The molecule has 2 aromatic rings. The fourth-order valence-electron chi connectivity index (χ4n) is 1.60. The van der Waals surface area contributed by atoms with E-state index in [0.29, 0.717) is 17.7 Å². The van der Waals surface area contributed by atoms with Crippen LogP contribution in [0, 0.1) is 19.2 Å². The Labute approximate surface area is 281 Å². The summed E-state index contributed by atoms with van der Waals surface area (Å²) >= 11 is 4.64. The zero-order chi connectivity index (χ0) is 37.5. The van der Waals surface area contributed by atoms with E-state index in [9.17, 15) is 19.2 Å². The largest absolute Gasteiger partial charge is 1.00 e. The van der Waals surface area contributed by atoms with Crippen molar-refractivity contribution in [3.05, 3.63) is 28.3 Å². The molecule has 0 aliphatic rings. The summed E-state index contributed by atoms with van der Waals surface area (Å²) in [6.07, 6.45) is 0. The number of carboxylic acid groups (broad SMARTS) is 2. The first-order valence-corrected chi connectivity index (χ1v) is 13.1. The summed E-state index contributed by atoms with van der Waals surface area (Å²) in [4.78, 5) is 59.4. The first-order valence-electron chi connectivity index (χ1n) is 12.8. The lowest BCUT2D eigenvalue weighted by molar-refractivity contribution is -0.134. The van der Waals surface area contributed by atoms with Gasteiger partial charge in [-0.2, -0.15) is 0 Å². The van der Waals surface area contributed by atoms with E-state index in [1.165, 1.54) is 44.4 Å². The number of ether oxygens (including phenoxy) is 1. The Hall–Kier alpha value is -4.25. The van der Waals surface area contributed by atoms with Gasteiger partial charge in [0.25, 0.3) is 24.7 Å². The monoisotopic (exact) mass is 703 g/mol. The normalized spacial score (nSPS) is 8.04. The molecule has 21 heteroatoms. The van der Waals surface area contributed by atoms with E-state index in [0.717, 1.165) is 6.92 Å². The van der Waals surface area contributed by atoms with E-state index in [1.54, 1.807) is 27.9 Å². The predicted octanol–water partition coefficient (Wildman–Crippen LogP) is -1.47. The summed E-state index contributed by atoms with van der Waals surface area (Å²) in [7, 11) is 7.47. The van der Waals surface area contributed by atoms with Crippen molar-refractivity contribution < 1.29 is 51.3 Å². The molecule has 0 fully saturated rings. The summed E-state index contributed by atoms with van der Waals surface area (Å²) in [6.45, 7) is 15.1. The van der Waals surface area contributed by atoms with E-state index < -0.39 is 17.9 Å². The third kappa shape index (κ3) is 52.4. The van der Waals surface area contributed by atoms with E-state index in [-0.39, 0.29) is 41.2 Å². The molecule has 0 saturated heterocycles. The summed E-state index contributed by atoms with van der Waals surface area (Å²) in [5.41, 5.74) is 9.61. The van der Waals surface area contributed by atoms with Crippen molar-refractivity contribution in [1.29, 1.82) is 5.39 Å². The van der Waals surface area contributed by atoms with E-state index >= 15 is 0 Å².